The Balaban J connectivity index is 3.42. The number of rotatable bonds is 68. The Morgan fingerprint density at radius 2 is 0.633 bits per heavy atom. The zero-order valence-corrected chi connectivity index (χ0v) is 53.6. The van der Waals surface area contributed by atoms with Crippen molar-refractivity contribution in [3.8, 4) is 0 Å². The second-order valence-corrected chi connectivity index (χ2v) is 24.9. The summed E-state index contributed by atoms with van der Waals surface area (Å²) in [6.07, 6.45) is 86.6. The van der Waals surface area contributed by atoms with Crippen molar-refractivity contribution in [2.45, 2.75) is 418 Å². The van der Waals surface area contributed by atoms with Gasteiger partial charge in [0.1, 0.15) is 0 Å². The standard InChI is InChI=1S/C73H141NO5/c1-3-5-7-9-11-13-15-17-18-19-20-21-27-30-33-36-39-42-45-49-53-57-61-65-71(76)70(69-75)74-72(77)66-62-58-54-50-46-43-40-37-34-31-28-25-23-22-24-26-29-32-35-38-41-44-48-52-56-60-64-68-79-73(78)67-63-59-55-51-47-16-14-12-10-8-6-4-2/h22-23,26,29,70-71,75-76H,3-21,24-25,27-28,30-69H2,1-2H3,(H,74,77)/b23-22-,29-26-. The molecular weight excluding hydrogens is 971 g/mol. The van der Waals surface area contributed by atoms with Gasteiger partial charge in [0.05, 0.1) is 25.4 Å². The second-order valence-electron chi connectivity index (χ2n) is 24.9. The number of carbonyl (C=O) groups is 2. The molecule has 0 aliphatic heterocycles. The van der Waals surface area contributed by atoms with Crippen molar-refractivity contribution in [2.24, 2.45) is 0 Å². The highest BCUT2D eigenvalue weighted by molar-refractivity contribution is 5.76. The molecule has 468 valence electrons. The van der Waals surface area contributed by atoms with Crippen LogP contribution in [-0.4, -0.2) is 47.4 Å². The molecular formula is C73H141NO5. The number of aliphatic hydroxyl groups is 2. The summed E-state index contributed by atoms with van der Waals surface area (Å²) in [4.78, 5) is 24.6. The maximum absolute atomic E-state index is 12.6. The maximum atomic E-state index is 12.6. The Morgan fingerprint density at radius 1 is 0.354 bits per heavy atom. The lowest BCUT2D eigenvalue weighted by molar-refractivity contribution is -0.143. The number of hydrogen-bond donors (Lipinski definition) is 3. The van der Waals surface area contributed by atoms with Crippen LogP contribution in [-0.2, 0) is 14.3 Å². The molecule has 3 N–H and O–H groups in total. The van der Waals surface area contributed by atoms with Crippen LogP contribution < -0.4 is 5.32 Å². The minimum atomic E-state index is -0.668. The number of unbranched alkanes of at least 4 members (excludes halogenated alkanes) is 53. The van der Waals surface area contributed by atoms with E-state index in [-0.39, 0.29) is 18.5 Å². The van der Waals surface area contributed by atoms with Crippen molar-refractivity contribution in [2.75, 3.05) is 13.2 Å². The quantitative estimate of drug-likeness (QED) is 0.0320. The number of carbonyl (C=O) groups excluding carboxylic acids is 2. The zero-order chi connectivity index (χ0) is 57.1. The van der Waals surface area contributed by atoms with Crippen LogP contribution in [0.5, 0.6) is 0 Å². The van der Waals surface area contributed by atoms with Gasteiger partial charge in [-0.25, -0.2) is 0 Å². The lowest BCUT2D eigenvalue weighted by atomic mass is 10.0. The molecule has 0 saturated carbocycles. The number of hydrogen-bond acceptors (Lipinski definition) is 5. The monoisotopic (exact) mass is 1110 g/mol. The number of allylic oxidation sites excluding steroid dienone is 4. The van der Waals surface area contributed by atoms with E-state index < -0.39 is 12.1 Å². The van der Waals surface area contributed by atoms with Crippen LogP contribution in [0.3, 0.4) is 0 Å². The van der Waals surface area contributed by atoms with E-state index in [2.05, 4.69) is 43.5 Å². The Morgan fingerprint density at radius 3 is 0.962 bits per heavy atom. The first-order chi connectivity index (χ1) is 39.0. The maximum Gasteiger partial charge on any atom is 0.305 e. The van der Waals surface area contributed by atoms with Gasteiger partial charge in [-0.2, -0.15) is 0 Å². The van der Waals surface area contributed by atoms with E-state index in [0.29, 0.717) is 25.9 Å². The largest absolute Gasteiger partial charge is 0.466 e. The van der Waals surface area contributed by atoms with Crippen LogP contribution in [0.4, 0.5) is 0 Å². The van der Waals surface area contributed by atoms with E-state index in [9.17, 15) is 19.8 Å². The topological polar surface area (TPSA) is 95.9 Å². The van der Waals surface area contributed by atoms with Gasteiger partial charge < -0.3 is 20.3 Å². The highest BCUT2D eigenvalue weighted by atomic mass is 16.5. The van der Waals surface area contributed by atoms with Crippen LogP contribution >= 0.6 is 0 Å². The fraction of sp³-hybridized carbons (Fsp3) is 0.918. The Labute approximate surface area is 494 Å². The number of nitrogens with one attached hydrogen (secondary N) is 1. The van der Waals surface area contributed by atoms with Crippen LogP contribution in [0.2, 0.25) is 0 Å². The number of esters is 1. The normalized spacial score (nSPS) is 12.6. The van der Waals surface area contributed by atoms with E-state index in [0.717, 1.165) is 44.9 Å². The number of aliphatic hydroxyl groups excluding tert-OH is 2. The first kappa shape index (κ1) is 77.3. The predicted molar refractivity (Wildman–Crippen MR) is 347 cm³/mol. The Bertz CT molecular complexity index is 1230. The molecule has 0 saturated heterocycles. The summed E-state index contributed by atoms with van der Waals surface area (Å²) in [6.45, 7) is 4.99. The molecule has 0 aliphatic carbocycles. The lowest BCUT2D eigenvalue weighted by Gasteiger charge is -2.22. The minimum Gasteiger partial charge on any atom is -0.466 e. The summed E-state index contributed by atoms with van der Waals surface area (Å²) in [5.41, 5.74) is 0. The highest BCUT2D eigenvalue weighted by Crippen LogP contribution is 2.19. The molecule has 79 heavy (non-hydrogen) atoms. The molecule has 1 amide bonds. The SMILES string of the molecule is CCCCCCCCCCCCCCCCCCCCCCCCCC(O)C(CO)NC(=O)CCCCCCCCCCCCC/C=C\C/C=C\CCCCCCCCCCCOC(=O)CCCCCCCCCCCCCC. The molecule has 6 heteroatoms. The third-order valence-corrected chi connectivity index (χ3v) is 17.0. The molecule has 0 aromatic heterocycles. The molecule has 0 bridgehead atoms. The fourth-order valence-corrected chi connectivity index (χ4v) is 11.5. The van der Waals surface area contributed by atoms with Crippen molar-refractivity contribution in [1.29, 1.82) is 0 Å². The van der Waals surface area contributed by atoms with Gasteiger partial charge in [-0.3, -0.25) is 9.59 Å². The third kappa shape index (κ3) is 65.4. The zero-order valence-electron chi connectivity index (χ0n) is 53.6. The molecule has 0 rings (SSSR count). The van der Waals surface area contributed by atoms with Gasteiger partial charge in [-0.15, -0.1) is 0 Å². The van der Waals surface area contributed by atoms with Crippen LogP contribution in [0.25, 0.3) is 0 Å². The molecule has 2 atom stereocenters. The fourth-order valence-electron chi connectivity index (χ4n) is 11.5. The van der Waals surface area contributed by atoms with Crippen molar-refractivity contribution in [3.05, 3.63) is 24.3 Å². The third-order valence-electron chi connectivity index (χ3n) is 17.0. The van der Waals surface area contributed by atoms with Crippen molar-refractivity contribution in [3.63, 3.8) is 0 Å². The summed E-state index contributed by atoms with van der Waals surface area (Å²) in [6, 6.07) is -0.545. The van der Waals surface area contributed by atoms with Gasteiger partial charge in [-0.1, -0.05) is 359 Å². The smallest absolute Gasteiger partial charge is 0.305 e. The lowest BCUT2D eigenvalue weighted by Crippen LogP contribution is -2.45. The first-order valence-electron chi connectivity index (χ1n) is 36.1. The van der Waals surface area contributed by atoms with Crippen LogP contribution in [0.15, 0.2) is 24.3 Å². The van der Waals surface area contributed by atoms with Crippen molar-refractivity contribution in [1.82, 2.24) is 5.32 Å². The van der Waals surface area contributed by atoms with Gasteiger partial charge >= 0.3 is 5.97 Å². The van der Waals surface area contributed by atoms with Gasteiger partial charge in [0.2, 0.25) is 5.91 Å². The molecule has 0 aliphatic rings. The molecule has 2 unspecified atom stereocenters. The van der Waals surface area contributed by atoms with E-state index in [4.69, 9.17) is 4.74 Å². The summed E-state index contributed by atoms with van der Waals surface area (Å²) >= 11 is 0. The Kier molecular flexibility index (Phi) is 67.4. The minimum absolute atomic E-state index is 0.0122. The molecule has 6 nitrogen and oxygen atoms in total. The van der Waals surface area contributed by atoms with Crippen molar-refractivity contribution < 1.29 is 24.5 Å². The van der Waals surface area contributed by atoms with Gasteiger partial charge in [0, 0.05) is 12.8 Å². The molecule has 0 aromatic rings. The highest BCUT2D eigenvalue weighted by Gasteiger charge is 2.20. The van der Waals surface area contributed by atoms with Gasteiger partial charge in [-0.05, 0) is 57.8 Å². The first-order valence-corrected chi connectivity index (χ1v) is 36.1. The van der Waals surface area contributed by atoms with E-state index in [1.54, 1.807) is 0 Å². The van der Waals surface area contributed by atoms with Gasteiger partial charge in [0.25, 0.3) is 0 Å². The number of amides is 1. The summed E-state index contributed by atoms with van der Waals surface area (Å²) in [7, 11) is 0. The van der Waals surface area contributed by atoms with E-state index >= 15 is 0 Å². The van der Waals surface area contributed by atoms with E-state index in [1.807, 2.05) is 0 Å². The summed E-state index contributed by atoms with van der Waals surface area (Å²) in [5, 5.41) is 23.4. The number of ether oxygens (including phenoxy) is 1. The van der Waals surface area contributed by atoms with E-state index in [1.165, 1.54) is 327 Å². The molecule has 0 radical (unpaired) electrons. The predicted octanol–water partition coefficient (Wildman–Crippen LogP) is 23.3. The molecule has 0 fully saturated rings. The Hall–Kier alpha value is -1.66. The summed E-state index contributed by atoms with van der Waals surface area (Å²) < 4.78 is 5.48. The molecule has 0 spiro atoms. The average molecular weight is 1110 g/mol. The van der Waals surface area contributed by atoms with Crippen molar-refractivity contribution >= 4 is 11.9 Å². The molecule has 0 heterocycles. The van der Waals surface area contributed by atoms with Crippen LogP contribution in [0, 0.1) is 0 Å². The molecule has 0 aromatic carbocycles. The second kappa shape index (κ2) is 68.8. The average Bonchev–Trinajstić information content (AvgIpc) is 3.45. The summed E-state index contributed by atoms with van der Waals surface area (Å²) in [5.74, 6) is -0.0212. The van der Waals surface area contributed by atoms with Crippen LogP contribution in [0.1, 0.15) is 406 Å². The van der Waals surface area contributed by atoms with Gasteiger partial charge in [0.15, 0.2) is 0 Å².